The summed E-state index contributed by atoms with van der Waals surface area (Å²) < 4.78 is 0.646. The lowest BCUT2D eigenvalue weighted by molar-refractivity contribution is 0.485. The van der Waals surface area contributed by atoms with E-state index in [1.807, 2.05) is 0 Å². The van der Waals surface area contributed by atoms with E-state index in [1.54, 1.807) is 12.8 Å². The fourth-order valence-corrected chi connectivity index (χ4v) is 4.44. The lowest BCUT2D eigenvalue weighted by Gasteiger charge is -2.05. The zero-order valence-electron chi connectivity index (χ0n) is 8.27. The molecule has 13 heavy (non-hydrogen) atoms. The topological polar surface area (TPSA) is 0 Å². The molecule has 3 rings (SSSR count). The van der Waals surface area contributed by atoms with Crippen molar-refractivity contribution in [1.82, 2.24) is 0 Å². The van der Waals surface area contributed by atoms with Crippen molar-refractivity contribution in [3.05, 3.63) is 0 Å². The molecule has 2 atom stereocenters. The smallest absolute Gasteiger partial charge is 0.0292 e. The van der Waals surface area contributed by atoms with Crippen LogP contribution in [0.4, 0.5) is 0 Å². The quantitative estimate of drug-likeness (QED) is 0.607. The molecule has 3 fully saturated rings. The maximum atomic E-state index is 3.96. The molecule has 0 bridgehead atoms. The van der Waals surface area contributed by atoms with Crippen LogP contribution in [0.5, 0.6) is 0 Å². The van der Waals surface area contributed by atoms with E-state index in [0.29, 0.717) is 4.32 Å². The molecule has 0 spiro atoms. The van der Waals surface area contributed by atoms with Crippen molar-refractivity contribution in [2.75, 3.05) is 0 Å². The van der Waals surface area contributed by atoms with Gasteiger partial charge in [-0.15, -0.1) is 0 Å². The highest BCUT2D eigenvalue weighted by molar-refractivity contribution is 9.10. The van der Waals surface area contributed by atoms with Crippen molar-refractivity contribution >= 4 is 15.9 Å². The third-order valence-corrected chi connectivity index (χ3v) is 5.80. The van der Waals surface area contributed by atoms with Crippen LogP contribution in [0.3, 0.4) is 0 Å². The van der Waals surface area contributed by atoms with E-state index in [-0.39, 0.29) is 0 Å². The number of fused-ring (bicyclic) bond motifs is 1. The Bertz CT molecular complexity index is 193. The molecule has 0 heterocycles. The van der Waals surface area contributed by atoms with Crippen LogP contribution in [0.1, 0.15) is 51.4 Å². The van der Waals surface area contributed by atoms with Crippen LogP contribution in [0, 0.1) is 17.8 Å². The van der Waals surface area contributed by atoms with Crippen molar-refractivity contribution in [2.24, 2.45) is 17.8 Å². The predicted molar refractivity (Wildman–Crippen MR) is 59.1 cm³/mol. The Morgan fingerprint density at radius 3 is 1.85 bits per heavy atom. The minimum absolute atomic E-state index is 0.646. The second-order valence-electron chi connectivity index (χ2n) is 5.38. The average Bonchev–Trinajstić information content (AvgIpc) is 2.91. The first-order valence-electron chi connectivity index (χ1n) is 6.00. The third kappa shape index (κ3) is 1.48. The molecular formula is C12H19Br. The number of rotatable bonds is 1. The Labute approximate surface area is 89.6 Å². The molecule has 3 aliphatic rings. The van der Waals surface area contributed by atoms with E-state index in [2.05, 4.69) is 15.9 Å². The molecule has 0 aliphatic heterocycles. The molecule has 0 nitrogen and oxygen atoms in total. The normalized spacial score (nSPS) is 47.3. The van der Waals surface area contributed by atoms with Crippen molar-refractivity contribution in [3.63, 3.8) is 0 Å². The fourth-order valence-electron chi connectivity index (χ4n) is 3.57. The van der Waals surface area contributed by atoms with E-state index >= 15 is 0 Å². The highest BCUT2D eigenvalue weighted by Gasteiger charge is 2.63. The van der Waals surface area contributed by atoms with E-state index in [9.17, 15) is 0 Å². The van der Waals surface area contributed by atoms with Crippen molar-refractivity contribution in [1.29, 1.82) is 0 Å². The maximum Gasteiger partial charge on any atom is 0.0292 e. The fraction of sp³-hybridized carbons (Fsp3) is 1.00. The summed E-state index contributed by atoms with van der Waals surface area (Å²) in [5.74, 6) is 3.34. The van der Waals surface area contributed by atoms with Crippen molar-refractivity contribution in [3.8, 4) is 0 Å². The average molecular weight is 243 g/mol. The summed E-state index contributed by atoms with van der Waals surface area (Å²) >= 11 is 3.96. The molecule has 3 saturated carbocycles. The van der Waals surface area contributed by atoms with Gasteiger partial charge in [-0.05, 0) is 43.4 Å². The Balaban J connectivity index is 1.66. The lowest BCUT2D eigenvalue weighted by atomic mass is 10.0. The van der Waals surface area contributed by atoms with Gasteiger partial charge in [0.1, 0.15) is 0 Å². The van der Waals surface area contributed by atoms with E-state index in [0.717, 1.165) is 17.8 Å². The van der Waals surface area contributed by atoms with Gasteiger partial charge in [0.05, 0.1) is 0 Å². The molecule has 0 aromatic rings. The highest BCUT2D eigenvalue weighted by Crippen LogP contribution is 2.68. The summed E-state index contributed by atoms with van der Waals surface area (Å²) in [7, 11) is 0. The molecule has 74 valence electrons. The molecule has 0 radical (unpaired) electrons. The standard InChI is InChI=1S/C12H19Br/c13-12(7-8-12)11-9-5-3-1-2-4-6-10(9)11/h9-11H,1-8H2. The first-order valence-corrected chi connectivity index (χ1v) is 6.79. The molecular weight excluding hydrogens is 224 g/mol. The van der Waals surface area contributed by atoms with E-state index in [4.69, 9.17) is 0 Å². The van der Waals surface area contributed by atoms with Crippen LogP contribution in [-0.4, -0.2) is 4.32 Å². The van der Waals surface area contributed by atoms with Crippen molar-refractivity contribution in [2.45, 2.75) is 55.7 Å². The largest absolute Gasteiger partial charge is 0.0850 e. The van der Waals surface area contributed by atoms with Gasteiger partial charge in [-0.2, -0.15) is 0 Å². The zero-order valence-corrected chi connectivity index (χ0v) is 9.85. The maximum absolute atomic E-state index is 3.96. The third-order valence-electron chi connectivity index (χ3n) is 4.48. The van der Waals surface area contributed by atoms with Gasteiger partial charge in [0.15, 0.2) is 0 Å². The Morgan fingerprint density at radius 2 is 1.38 bits per heavy atom. The Kier molecular flexibility index (Phi) is 2.01. The van der Waals surface area contributed by atoms with E-state index < -0.39 is 0 Å². The summed E-state index contributed by atoms with van der Waals surface area (Å²) in [6.07, 6.45) is 12.1. The SMILES string of the molecule is BrC1(C2C3CCCCCCC32)CC1. The van der Waals surface area contributed by atoms with Crippen LogP contribution in [0.15, 0.2) is 0 Å². The second-order valence-corrected chi connectivity index (χ2v) is 6.96. The summed E-state index contributed by atoms with van der Waals surface area (Å²) in [5, 5.41) is 0. The van der Waals surface area contributed by atoms with Crippen molar-refractivity contribution < 1.29 is 0 Å². The van der Waals surface area contributed by atoms with E-state index in [1.165, 1.54) is 38.5 Å². The molecule has 0 saturated heterocycles. The van der Waals surface area contributed by atoms with Gasteiger partial charge in [-0.25, -0.2) is 0 Å². The number of halogens is 1. The van der Waals surface area contributed by atoms with Gasteiger partial charge in [-0.1, -0.05) is 41.6 Å². The molecule has 2 unspecified atom stereocenters. The molecule has 1 heteroatoms. The number of hydrogen-bond donors (Lipinski definition) is 0. The summed E-state index contributed by atoms with van der Waals surface area (Å²) in [4.78, 5) is 0. The van der Waals surface area contributed by atoms with Gasteiger partial charge >= 0.3 is 0 Å². The molecule has 0 amide bonds. The Morgan fingerprint density at radius 1 is 0.846 bits per heavy atom. The molecule has 0 aromatic heterocycles. The first-order chi connectivity index (χ1) is 6.31. The van der Waals surface area contributed by atoms with Gasteiger partial charge in [0.25, 0.3) is 0 Å². The van der Waals surface area contributed by atoms with Crippen LogP contribution < -0.4 is 0 Å². The van der Waals surface area contributed by atoms with Gasteiger partial charge < -0.3 is 0 Å². The number of alkyl halides is 1. The first kappa shape index (κ1) is 8.76. The minimum Gasteiger partial charge on any atom is -0.0850 e. The van der Waals surface area contributed by atoms with Crippen LogP contribution in [0.25, 0.3) is 0 Å². The summed E-state index contributed by atoms with van der Waals surface area (Å²) in [5.41, 5.74) is 0. The van der Waals surface area contributed by atoms with Crippen LogP contribution >= 0.6 is 15.9 Å². The Hall–Kier alpha value is 0.480. The monoisotopic (exact) mass is 242 g/mol. The molecule has 3 aliphatic carbocycles. The van der Waals surface area contributed by atoms with Gasteiger partial charge in [0.2, 0.25) is 0 Å². The van der Waals surface area contributed by atoms with Crippen LogP contribution in [0.2, 0.25) is 0 Å². The lowest BCUT2D eigenvalue weighted by Crippen LogP contribution is -2.02. The van der Waals surface area contributed by atoms with Crippen LogP contribution in [-0.2, 0) is 0 Å². The highest BCUT2D eigenvalue weighted by atomic mass is 79.9. The van der Waals surface area contributed by atoms with Gasteiger partial charge in [-0.3, -0.25) is 0 Å². The molecule has 0 N–H and O–H groups in total. The minimum atomic E-state index is 0.646. The second kappa shape index (κ2) is 2.98. The van der Waals surface area contributed by atoms with Gasteiger partial charge in [0, 0.05) is 4.32 Å². The summed E-state index contributed by atoms with van der Waals surface area (Å²) in [6, 6.07) is 0. The molecule has 0 aromatic carbocycles. The zero-order chi connectivity index (χ0) is 8.89. The number of hydrogen-bond acceptors (Lipinski definition) is 0. The summed E-state index contributed by atoms with van der Waals surface area (Å²) in [6.45, 7) is 0. The predicted octanol–water partition coefficient (Wildman–Crippen LogP) is 4.13.